The summed E-state index contributed by atoms with van der Waals surface area (Å²) < 4.78 is 24.5. The van der Waals surface area contributed by atoms with E-state index < -0.39 is 5.67 Å². The van der Waals surface area contributed by atoms with Crippen molar-refractivity contribution in [1.29, 1.82) is 0 Å². The van der Waals surface area contributed by atoms with Crippen molar-refractivity contribution in [2.24, 2.45) is 5.73 Å². The maximum atomic E-state index is 13.9. The fraction of sp³-hybridized carbons (Fsp3) is 0.500. The molecular formula is C12H16FNO2. The van der Waals surface area contributed by atoms with E-state index in [2.05, 4.69) is 0 Å². The van der Waals surface area contributed by atoms with Crippen LogP contribution in [-0.4, -0.2) is 13.3 Å². The van der Waals surface area contributed by atoms with Crippen molar-refractivity contribution >= 4 is 0 Å². The number of hydrogen-bond acceptors (Lipinski definition) is 3. The lowest BCUT2D eigenvalue weighted by atomic mass is 9.96. The monoisotopic (exact) mass is 225 g/mol. The summed E-state index contributed by atoms with van der Waals surface area (Å²) in [4.78, 5) is 0. The lowest BCUT2D eigenvalue weighted by molar-refractivity contribution is 0.173. The van der Waals surface area contributed by atoms with Crippen molar-refractivity contribution in [1.82, 2.24) is 0 Å². The minimum Gasteiger partial charge on any atom is -0.454 e. The van der Waals surface area contributed by atoms with Crippen LogP contribution >= 0.6 is 0 Å². The summed E-state index contributed by atoms with van der Waals surface area (Å²) in [6.07, 6.45) is 0.662. The first kappa shape index (κ1) is 11.2. The van der Waals surface area contributed by atoms with Crippen LogP contribution < -0.4 is 15.2 Å². The van der Waals surface area contributed by atoms with Gasteiger partial charge in [-0.05, 0) is 50.1 Å². The molecule has 88 valence electrons. The third kappa shape index (κ3) is 1.97. The van der Waals surface area contributed by atoms with Gasteiger partial charge >= 0.3 is 0 Å². The molecule has 0 amide bonds. The van der Waals surface area contributed by atoms with Crippen LogP contribution in [0.4, 0.5) is 4.39 Å². The van der Waals surface area contributed by atoms with Crippen LogP contribution in [0.5, 0.6) is 11.5 Å². The zero-order valence-electron chi connectivity index (χ0n) is 9.55. The average Bonchev–Trinajstić information content (AvgIpc) is 2.64. The predicted molar refractivity (Wildman–Crippen MR) is 59.5 cm³/mol. The topological polar surface area (TPSA) is 44.5 Å². The molecule has 2 rings (SSSR count). The molecular weight excluding hydrogens is 209 g/mol. The Balaban J connectivity index is 2.47. The molecule has 0 saturated carbocycles. The Morgan fingerprint density at radius 1 is 1.38 bits per heavy atom. The van der Waals surface area contributed by atoms with Crippen LogP contribution in [0.25, 0.3) is 0 Å². The van der Waals surface area contributed by atoms with E-state index >= 15 is 0 Å². The Kier molecular flexibility index (Phi) is 2.76. The maximum Gasteiger partial charge on any atom is 0.231 e. The SMILES string of the molecule is CC(C)(F)c1cc(CCN)c2c(c1)OCO2. The van der Waals surface area contributed by atoms with E-state index in [1.807, 2.05) is 0 Å². The molecule has 0 unspecified atom stereocenters. The van der Waals surface area contributed by atoms with E-state index in [0.717, 1.165) is 5.56 Å². The summed E-state index contributed by atoms with van der Waals surface area (Å²) in [5, 5.41) is 0. The highest BCUT2D eigenvalue weighted by atomic mass is 19.1. The fourth-order valence-electron chi connectivity index (χ4n) is 1.77. The van der Waals surface area contributed by atoms with Gasteiger partial charge < -0.3 is 15.2 Å². The third-order valence-corrected chi connectivity index (χ3v) is 2.65. The maximum absolute atomic E-state index is 13.9. The molecule has 0 radical (unpaired) electrons. The van der Waals surface area contributed by atoms with Crippen molar-refractivity contribution in [2.75, 3.05) is 13.3 Å². The lowest BCUT2D eigenvalue weighted by Gasteiger charge is -2.17. The van der Waals surface area contributed by atoms with Crippen molar-refractivity contribution < 1.29 is 13.9 Å². The Morgan fingerprint density at radius 2 is 2.12 bits per heavy atom. The van der Waals surface area contributed by atoms with Gasteiger partial charge in [-0.2, -0.15) is 0 Å². The van der Waals surface area contributed by atoms with Crippen LogP contribution in [0.2, 0.25) is 0 Å². The zero-order valence-corrected chi connectivity index (χ0v) is 9.55. The molecule has 0 bridgehead atoms. The largest absolute Gasteiger partial charge is 0.454 e. The van der Waals surface area contributed by atoms with E-state index in [1.54, 1.807) is 12.1 Å². The summed E-state index contributed by atoms with van der Waals surface area (Å²) in [6, 6.07) is 3.50. The van der Waals surface area contributed by atoms with Crippen molar-refractivity contribution in [3.8, 4) is 11.5 Å². The first-order chi connectivity index (χ1) is 7.52. The van der Waals surface area contributed by atoms with Crippen LogP contribution in [0, 0.1) is 0 Å². The molecule has 2 N–H and O–H groups in total. The van der Waals surface area contributed by atoms with Gasteiger partial charge in [0, 0.05) is 0 Å². The summed E-state index contributed by atoms with van der Waals surface area (Å²) in [7, 11) is 0. The minimum atomic E-state index is -1.38. The second-order valence-electron chi connectivity index (χ2n) is 4.38. The number of halogens is 1. The van der Waals surface area contributed by atoms with Crippen LogP contribution in [0.1, 0.15) is 25.0 Å². The standard InChI is InChI=1S/C12H16FNO2/c1-12(2,13)9-5-8(3-4-14)11-10(6-9)15-7-16-11/h5-6H,3-4,7,14H2,1-2H3. The Morgan fingerprint density at radius 3 is 2.75 bits per heavy atom. The van der Waals surface area contributed by atoms with Crippen molar-refractivity contribution in [3.05, 3.63) is 23.3 Å². The van der Waals surface area contributed by atoms with E-state index in [9.17, 15) is 4.39 Å². The highest BCUT2D eigenvalue weighted by molar-refractivity contribution is 5.52. The number of fused-ring (bicyclic) bond motifs is 1. The van der Waals surface area contributed by atoms with Gasteiger partial charge in [-0.3, -0.25) is 0 Å². The van der Waals surface area contributed by atoms with E-state index in [1.165, 1.54) is 13.8 Å². The Hall–Kier alpha value is -1.29. The van der Waals surface area contributed by atoms with Gasteiger partial charge in [0.15, 0.2) is 11.5 Å². The van der Waals surface area contributed by atoms with Gasteiger partial charge in [-0.1, -0.05) is 0 Å². The molecule has 1 aromatic carbocycles. The predicted octanol–water partition coefficient (Wildman–Crippen LogP) is 2.12. The van der Waals surface area contributed by atoms with Gasteiger partial charge in [-0.15, -0.1) is 0 Å². The average molecular weight is 225 g/mol. The van der Waals surface area contributed by atoms with Gasteiger partial charge in [0.05, 0.1) is 0 Å². The van der Waals surface area contributed by atoms with Crippen LogP contribution in [0.15, 0.2) is 12.1 Å². The van der Waals surface area contributed by atoms with Crippen LogP contribution in [-0.2, 0) is 12.1 Å². The van der Waals surface area contributed by atoms with E-state index in [-0.39, 0.29) is 6.79 Å². The Labute approximate surface area is 94.3 Å². The van der Waals surface area contributed by atoms with Gasteiger partial charge in [0.2, 0.25) is 6.79 Å². The molecule has 0 aliphatic carbocycles. The highest BCUT2D eigenvalue weighted by Gasteiger charge is 2.25. The molecule has 0 fully saturated rings. The Bertz CT molecular complexity index is 399. The molecule has 0 saturated heterocycles. The number of rotatable bonds is 3. The molecule has 1 heterocycles. The number of nitrogens with two attached hydrogens (primary N) is 1. The summed E-state index contributed by atoms with van der Waals surface area (Å²) in [5.41, 5.74) is 5.65. The highest BCUT2D eigenvalue weighted by Crippen LogP contribution is 2.40. The molecule has 16 heavy (non-hydrogen) atoms. The van der Waals surface area contributed by atoms with E-state index in [0.29, 0.717) is 30.0 Å². The minimum absolute atomic E-state index is 0.197. The van der Waals surface area contributed by atoms with Crippen LogP contribution in [0.3, 0.4) is 0 Å². The molecule has 3 nitrogen and oxygen atoms in total. The third-order valence-electron chi connectivity index (χ3n) is 2.65. The first-order valence-corrected chi connectivity index (χ1v) is 5.34. The summed E-state index contributed by atoms with van der Waals surface area (Å²) in [6.45, 7) is 3.75. The molecule has 0 atom stereocenters. The number of benzene rings is 1. The smallest absolute Gasteiger partial charge is 0.231 e. The zero-order chi connectivity index (χ0) is 11.8. The normalized spacial score (nSPS) is 14.2. The second-order valence-corrected chi connectivity index (χ2v) is 4.38. The van der Waals surface area contributed by atoms with Gasteiger partial charge in [0.1, 0.15) is 5.67 Å². The number of ether oxygens (including phenoxy) is 2. The quantitative estimate of drug-likeness (QED) is 0.857. The molecule has 1 aliphatic rings. The summed E-state index contributed by atoms with van der Waals surface area (Å²) in [5.74, 6) is 1.32. The number of alkyl halides is 1. The molecule has 1 aromatic rings. The van der Waals surface area contributed by atoms with Crippen molar-refractivity contribution in [2.45, 2.75) is 25.9 Å². The molecule has 0 spiro atoms. The molecule has 4 heteroatoms. The second kappa shape index (κ2) is 3.94. The first-order valence-electron chi connectivity index (χ1n) is 5.34. The van der Waals surface area contributed by atoms with Gasteiger partial charge in [0.25, 0.3) is 0 Å². The molecule has 0 aromatic heterocycles. The van der Waals surface area contributed by atoms with E-state index in [4.69, 9.17) is 15.2 Å². The molecule has 1 aliphatic heterocycles. The lowest BCUT2D eigenvalue weighted by Crippen LogP contribution is -2.11. The number of hydrogen-bond donors (Lipinski definition) is 1. The van der Waals surface area contributed by atoms with Gasteiger partial charge in [-0.25, -0.2) is 4.39 Å². The van der Waals surface area contributed by atoms with Crippen molar-refractivity contribution in [3.63, 3.8) is 0 Å². The summed E-state index contributed by atoms with van der Waals surface area (Å²) >= 11 is 0. The fourth-order valence-corrected chi connectivity index (χ4v) is 1.77.